The molecule has 0 N–H and O–H groups in total. The molecule has 2 nitrogen and oxygen atoms in total. The molecular formula is C14H6F2N2S3. The Morgan fingerprint density at radius 1 is 0.762 bits per heavy atom. The molecule has 0 saturated carbocycles. The van der Waals surface area contributed by atoms with Gasteiger partial charge in [-0.1, -0.05) is 12.1 Å². The summed E-state index contributed by atoms with van der Waals surface area (Å²) in [5.74, 6) is -1.72. The van der Waals surface area contributed by atoms with Crippen molar-refractivity contribution in [2.75, 3.05) is 0 Å². The number of halogens is 2. The van der Waals surface area contributed by atoms with Crippen molar-refractivity contribution in [2.24, 2.45) is 0 Å². The van der Waals surface area contributed by atoms with Gasteiger partial charge >= 0.3 is 0 Å². The molecule has 0 fully saturated rings. The third-order valence-electron chi connectivity index (χ3n) is 3.13. The van der Waals surface area contributed by atoms with E-state index in [1.54, 1.807) is 24.3 Å². The molecule has 0 aliphatic rings. The van der Waals surface area contributed by atoms with Gasteiger partial charge in [-0.2, -0.15) is 8.75 Å². The number of fused-ring (bicyclic) bond motifs is 1. The van der Waals surface area contributed by atoms with Crippen LogP contribution in [0.25, 0.3) is 31.9 Å². The zero-order valence-electron chi connectivity index (χ0n) is 10.3. The summed E-state index contributed by atoms with van der Waals surface area (Å²) in [7, 11) is 0. The summed E-state index contributed by atoms with van der Waals surface area (Å²) in [6, 6.07) is 7.12. The van der Waals surface area contributed by atoms with Crippen molar-refractivity contribution in [3.05, 3.63) is 46.7 Å². The number of hydrogen-bond donors (Lipinski definition) is 0. The first-order valence-corrected chi connectivity index (χ1v) is 8.47. The quantitative estimate of drug-likeness (QED) is 0.488. The van der Waals surface area contributed by atoms with Gasteiger partial charge in [0.1, 0.15) is 11.0 Å². The van der Waals surface area contributed by atoms with Gasteiger partial charge in [0.25, 0.3) is 0 Å². The van der Waals surface area contributed by atoms with Crippen molar-refractivity contribution in [3.8, 4) is 20.9 Å². The van der Waals surface area contributed by atoms with Crippen LogP contribution in [0.1, 0.15) is 0 Å². The van der Waals surface area contributed by atoms with E-state index in [9.17, 15) is 8.78 Å². The first-order valence-electron chi connectivity index (χ1n) is 5.98. The van der Waals surface area contributed by atoms with Crippen LogP contribution in [0.15, 0.2) is 35.0 Å². The van der Waals surface area contributed by atoms with Gasteiger partial charge in [-0.25, -0.2) is 8.78 Å². The molecule has 4 rings (SSSR count). The Hall–Kier alpha value is -1.70. The first kappa shape index (κ1) is 13.0. The van der Waals surface area contributed by atoms with E-state index in [-0.39, 0.29) is 11.1 Å². The predicted molar refractivity (Wildman–Crippen MR) is 84.0 cm³/mol. The summed E-state index contributed by atoms with van der Waals surface area (Å²) in [6.07, 6.45) is 0. The first-order chi connectivity index (χ1) is 10.3. The summed E-state index contributed by atoms with van der Waals surface area (Å²) < 4.78 is 37.6. The molecule has 3 aromatic heterocycles. The SMILES string of the molecule is Fc1c(F)c(-c2cccs2)c2nsnc2c1-c1cccs1. The Kier molecular flexibility index (Phi) is 3.06. The van der Waals surface area contributed by atoms with Crippen molar-refractivity contribution >= 4 is 45.4 Å². The minimum Gasteiger partial charge on any atom is -0.203 e. The molecule has 104 valence electrons. The summed E-state index contributed by atoms with van der Waals surface area (Å²) in [6.45, 7) is 0. The lowest BCUT2D eigenvalue weighted by Crippen LogP contribution is -1.95. The smallest absolute Gasteiger partial charge is 0.170 e. The Morgan fingerprint density at radius 3 is 1.62 bits per heavy atom. The molecule has 0 saturated heterocycles. The molecule has 0 amide bonds. The fourth-order valence-corrected chi connectivity index (χ4v) is 4.33. The molecular weight excluding hydrogens is 330 g/mol. The molecule has 7 heteroatoms. The summed E-state index contributed by atoms with van der Waals surface area (Å²) in [5.41, 5.74) is 1.24. The fourth-order valence-electron chi connectivity index (χ4n) is 2.24. The van der Waals surface area contributed by atoms with E-state index in [0.717, 1.165) is 11.7 Å². The molecule has 0 atom stereocenters. The molecule has 0 aliphatic carbocycles. The molecule has 21 heavy (non-hydrogen) atoms. The van der Waals surface area contributed by atoms with Gasteiger partial charge in [-0.15, -0.1) is 22.7 Å². The highest BCUT2D eigenvalue weighted by atomic mass is 32.1. The van der Waals surface area contributed by atoms with Crippen molar-refractivity contribution in [2.45, 2.75) is 0 Å². The van der Waals surface area contributed by atoms with Crippen LogP contribution >= 0.6 is 34.4 Å². The molecule has 1 aromatic carbocycles. The van der Waals surface area contributed by atoms with Gasteiger partial charge in [-0.3, -0.25) is 0 Å². The maximum Gasteiger partial charge on any atom is 0.170 e. The maximum absolute atomic E-state index is 14.6. The summed E-state index contributed by atoms with van der Waals surface area (Å²) in [4.78, 5) is 1.31. The molecule has 0 aliphatic heterocycles. The van der Waals surface area contributed by atoms with Crippen LogP contribution in [-0.4, -0.2) is 8.75 Å². The lowest BCUT2D eigenvalue weighted by Gasteiger charge is -2.07. The van der Waals surface area contributed by atoms with Crippen LogP contribution in [0.4, 0.5) is 8.78 Å². The highest BCUT2D eigenvalue weighted by Gasteiger charge is 2.25. The summed E-state index contributed by atoms with van der Waals surface area (Å²) >= 11 is 3.68. The number of thiophene rings is 2. The molecule has 3 heterocycles. The number of hydrogen-bond acceptors (Lipinski definition) is 5. The Balaban J connectivity index is 2.14. The minimum absolute atomic E-state index is 0.201. The highest BCUT2D eigenvalue weighted by Crippen LogP contribution is 2.41. The van der Waals surface area contributed by atoms with E-state index >= 15 is 0 Å². The second-order valence-corrected chi connectivity index (χ2v) is 6.72. The lowest BCUT2D eigenvalue weighted by atomic mass is 10.0. The van der Waals surface area contributed by atoms with E-state index in [2.05, 4.69) is 8.75 Å². The standard InChI is InChI=1S/C14H6F2N2S3/c15-11-9(7-3-1-5-19-7)13-14(18-21-17-13)10(12(11)16)8-4-2-6-20-8/h1-6H. The van der Waals surface area contributed by atoms with Crippen LogP contribution in [0.2, 0.25) is 0 Å². The van der Waals surface area contributed by atoms with E-state index in [1.807, 2.05) is 10.8 Å². The van der Waals surface area contributed by atoms with E-state index in [4.69, 9.17) is 0 Å². The lowest BCUT2D eigenvalue weighted by molar-refractivity contribution is 0.516. The average molecular weight is 336 g/mol. The van der Waals surface area contributed by atoms with Gasteiger partial charge in [0.15, 0.2) is 11.6 Å². The topological polar surface area (TPSA) is 25.8 Å². The van der Waals surface area contributed by atoms with Crippen LogP contribution in [0, 0.1) is 11.6 Å². The maximum atomic E-state index is 14.6. The van der Waals surface area contributed by atoms with Gasteiger partial charge in [-0.05, 0) is 22.9 Å². The monoisotopic (exact) mass is 336 g/mol. The third-order valence-corrected chi connectivity index (χ3v) is 5.43. The second kappa shape index (κ2) is 4.94. The number of rotatable bonds is 2. The van der Waals surface area contributed by atoms with Gasteiger partial charge < -0.3 is 0 Å². The normalized spacial score (nSPS) is 11.3. The van der Waals surface area contributed by atoms with Gasteiger partial charge in [0.2, 0.25) is 0 Å². The fraction of sp³-hybridized carbons (Fsp3) is 0. The predicted octanol–water partition coefficient (Wildman–Crippen LogP) is 5.43. The van der Waals surface area contributed by atoms with Crippen LogP contribution in [0.3, 0.4) is 0 Å². The van der Waals surface area contributed by atoms with Crippen molar-refractivity contribution in [3.63, 3.8) is 0 Å². The molecule has 0 radical (unpaired) electrons. The molecule has 0 bridgehead atoms. The van der Waals surface area contributed by atoms with E-state index < -0.39 is 11.6 Å². The molecule has 0 spiro atoms. The third kappa shape index (κ3) is 1.92. The van der Waals surface area contributed by atoms with Crippen LogP contribution in [-0.2, 0) is 0 Å². The number of nitrogens with zero attached hydrogens (tertiary/aromatic N) is 2. The van der Waals surface area contributed by atoms with Gasteiger partial charge in [0, 0.05) is 9.75 Å². The zero-order chi connectivity index (χ0) is 14.4. The largest absolute Gasteiger partial charge is 0.203 e. The Bertz CT molecular complexity index is 837. The van der Waals surface area contributed by atoms with Crippen LogP contribution in [0.5, 0.6) is 0 Å². The van der Waals surface area contributed by atoms with E-state index in [1.165, 1.54) is 22.7 Å². The second-order valence-electron chi connectivity index (χ2n) is 4.29. The Morgan fingerprint density at radius 2 is 1.24 bits per heavy atom. The Labute approximate surface area is 130 Å². The zero-order valence-corrected chi connectivity index (χ0v) is 12.8. The van der Waals surface area contributed by atoms with Gasteiger partial charge in [0.05, 0.1) is 22.9 Å². The molecule has 0 unspecified atom stereocenters. The highest BCUT2D eigenvalue weighted by molar-refractivity contribution is 7.14. The van der Waals surface area contributed by atoms with Crippen molar-refractivity contribution < 1.29 is 8.78 Å². The minimum atomic E-state index is -0.860. The molecule has 4 aromatic rings. The van der Waals surface area contributed by atoms with E-state index in [0.29, 0.717) is 20.8 Å². The van der Waals surface area contributed by atoms with Crippen molar-refractivity contribution in [1.29, 1.82) is 0 Å². The number of aromatic nitrogens is 2. The number of benzene rings is 1. The van der Waals surface area contributed by atoms with Crippen LogP contribution < -0.4 is 0 Å². The average Bonchev–Trinajstić information content (AvgIpc) is 3.21. The summed E-state index contributed by atoms with van der Waals surface area (Å²) in [5, 5.41) is 3.65. The van der Waals surface area contributed by atoms with Crippen molar-refractivity contribution in [1.82, 2.24) is 8.75 Å².